The monoisotopic (exact) mass is 279 g/mol. The molecule has 0 spiro atoms. The molecule has 1 aliphatic carbocycles. The third-order valence-corrected chi connectivity index (χ3v) is 3.89. The highest BCUT2D eigenvalue weighted by Gasteiger charge is 2.27. The van der Waals surface area contributed by atoms with E-state index in [9.17, 15) is 0 Å². The van der Waals surface area contributed by atoms with Crippen LogP contribution in [0.2, 0.25) is 0 Å². The van der Waals surface area contributed by atoms with Crippen molar-refractivity contribution in [3.8, 4) is 11.1 Å². The van der Waals surface area contributed by atoms with E-state index in [-0.39, 0.29) is 6.04 Å². The lowest BCUT2D eigenvalue weighted by molar-refractivity contribution is 0.139. The molecule has 21 heavy (non-hydrogen) atoms. The zero-order valence-corrected chi connectivity index (χ0v) is 12.2. The Hall–Kier alpha value is -1.90. The largest absolute Gasteiger partial charge is 0.380 e. The van der Waals surface area contributed by atoms with Crippen LogP contribution in [0.3, 0.4) is 0 Å². The van der Waals surface area contributed by atoms with Crippen molar-refractivity contribution < 1.29 is 4.74 Å². The molecule has 0 bridgehead atoms. The van der Waals surface area contributed by atoms with E-state index in [0.29, 0.717) is 0 Å². The Bertz CT molecular complexity index is 575. The highest BCUT2D eigenvalue weighted by atomic mass is 16.5. The number of benzene rings is 2. The van der Waals surface area contributed by atoms with Crippen LogP contribution in [0, 0.1) is 0 Å². The first-order valence-corrected chi connectivity index (χ1v) is 7.52. The minimum absolute atomic E-state index is 0.278. The van der Waals surface area contributed by atoms with Gasteiger partial charge in [0.05, 0.1) is 19.3 Å². The van der Waals surface area contributed by atoms with Crippen LogP contribution in [-0.4, -0.2) is 19.8 Å². The topological polar surface area (TPSA) is 21.3 Å². The maximum absolute atomic E-state index is 5.58. The Morgan fingerprint density at radius 3 is 2.19 bits per heavy atom. The fourth-order valence-electron chi connectivity index (χ4n) is 2.92. The van der Waals surface area contributed by atoms with Gasteiger partial charge in [-0.25, -0.2) is 0 Å². The highest BCUT2D eigenvalue weighted by Crippen LogP contribution is 2.42. The number of nitrogens with one attached hydrogen (secondary N) is 1. The van der Waals surface area contributed by atoms with Gasteiger partial charge in [0.25, 0.3) is 0 Å². The molecule has 0 saturated heterocycles. The molecule has 2 aromatic carbocycles. The summed E-state index contributed by atoms with van der Waals surface area (Å²) in [6.45, 7) is 6.03. The molecule has 2 nitrogen and oxygen atoms in total. The van der Waals surface area contributed by atoms with Crippen LogP contribution < -0.4 is 5.32 Å². The molecular weight excluding hydrogens is 258 g/mol. The summed E-state index contributed by atoms with van der Waals surface area (Å²) in [6.07, 6.45) is 2.80. The van der Waals surface area contributed by atoms with Gasteiger partial charge in [-0.15, -0.1) is 6.58 Å². The third kappa shape index (κ3) is 2.92. The molecule has 1 aliphatic rings. The van der Waals surface area contributed by atoms with Gasteiger partial charge in [0, 0.05) is 6.54 Å². The summed E-state index contributed by atoms with van der Waals surface area (Å²) >= 11 is 0. The molecule has 0 atom stereocenters. The van der Waals surface area contributed by atoms with Crippen LogP contribution in [0.15, 0.2) is 61.2 Å². The minimum atomic E-state index is 0.278. The summed E-state index contributed by atoms with van der Waals surface area (Å²) in [5.74, 6) is 0. The summed E-state index contributed by atoms with van der Waals surface area (Å²) in [5.41, 5.74) is 5.42. The van der Waals surface area contributed by atoms with Gasteiger partial charge in [-0.1, -0.05) is 54.6 Å². The second-order valence-corrected chi connectivity index (χ2v) is 5.25. The maximum Gasteiger partial charge on any atom is 0.0591 e. The van der Waals surface area contributed by atoms with E-state index in [2.05, 4.69) is 60.4 Å². The highest BCUT2D eigenvalue weighted by molar-refractivity contribution is 5.78. The average molecular weight is 279 g/mol. The van der Waals surface area contributed by atoms with Crippen molar-refractivity contribution in [2.75, 3.05) is 19.8 Å². The molecule has 108 valence electrons. The van der Waals surface area contributed by atoms with Crippen LogP contribution in [0.1, 0.15) is 23.6 Å². The van der Waals surface area contributed by atoms with Crippen molar-refractivity contribution in [2.45, 2.75) is 12.5 Å². The number of hydrogen-bond donors (Lipinski definition) is 1. The minimum Gasteiger partial charge on any atom is -0.380 e. The van der Waals surface area contributed by atoms with Gasteiger partial charge in [0.2, 0.25) is 0 Å². The predicted octanol–water partition coefficient (Wildman–Crippen LogP) is 3.94. The van der Waals surface area contributed by atoms with Crippen molar-refractivity contribution in [1.82, 2.24) is 5.32 Å². The molecule has 0 heterocycles. The van der Waals surface area contributed by atoms with Crippen molar-refractivity contribution in [1.29, 1.82) is 0 Å². The van der Waals surface area contributed by atoms with E-state index in [1.54, 1.807) is 0 Å². The molecule has 2 aromatic rings. The van der Waals surface area contributed by atoms with Crippen LogP contribution >= 0.6 is 0 Å². The molecule has 0 aliphatic heterocycles. The zero-order valence-electron chi connectivity index (χ0n) is 12.2. The quantitative estimate of drug-likeness (QED) is 0.612. The first kappa shape index (κ1) is 14.1. The molecule has 0 unspecified atom stereocenters. The maximum atomic E-state index is 5.58. The van der Waals surface area contributed by atoms with Gasteiger partial charge in [-0.05, 0) is 28.7 Å². The van der Waals surface area contributed by atoms with Gasteiger partial charge in [0.1, 0.15) is 0 Å². The van der Waals surface area contributed by atoms with Crippen molar-refractivity contribution in [3.63, 3.8) is 0 Å². The smallest absolute Gasteiger partial charge is 0.0591 e. The lowest BCUT2D eigenvalue weighted by atomic mass is 10.1. The van der Waals surface area contributed by atoms with Crippen LogP contribution in [0.25, 0.3) is 11.1 Å². The summed E-state index contributed by atoms with van der Waals surface area (Å²) < 4.78 is 5.58. The van der Waals surface area contributed by atoms with Crippen molar-refractivity contribution in [3.05, 3.63) is 72.3 Å². The Morgan fingerprint density at radius 1 is 0.952 bits per heavy atom. The van der Waals surface area contributed by atoms with E-state index in [1.807, 2.05) is 6.08 Å². The summed E-state index contributed by atoms with van der Waals surface area (Å²) in [4.78, 5) is 0. The molecule has 0 saturated carbocycles. The molecule has 3 rings (SSSR count). The van der Waals surface area contributed by atoms with Crippen LogP contribution in [0.5, 0.6) is 0 Å². The van der Waals surface area contributed by atoms with Gasteiger partial charge < -0.3 is 10.1 Å². The number of rotatable bonds is 7. The molecule has 0 aromatic heterocycles. The second-order valence-electron chi connectivity index (χ2n) is 5.25. The van der Waals surface area contributed by atoms with Crippen molar-refractivity contribution in [2.24, 2.45) is 0 Å². The van der Waals surface area contributed by atoms with Crippen LogP contribution in [-0.2, 0) is 4.74 Å². The molecule has 2 heteroatoms. The second kappa shape index (κ2) is 6.70. The molecular formula is C19H21NO. The van der Waals surface area contributed by atoms with E-state index in [0.717, 1.165) is 26.2 Å². The summed E-state index contributed by atoms with van der Waals surface area (Å²) in [5, 5.41) is 3.62. The Morgan fingerprint density at radius 2 is 1.57 bits per heavy atom. The van der Waals surface area contributed by atoms with E-state index < -0.39 is 0 Å². The zero-order chi connectivity index (χ0) is 14.5. The Labute approximate surface area is 126 Å². The molecule has 0 radical (unpaired) electrons. The van der Waals surface area contributed by atoms with Gasteiger partial charge in [-0.3, -0.25) is 0 Å². The predicted molar refractivity (Wildman–Crippen MR) is 87.4 cm³/mol. The normalized spacial score (nSPS) is 13.0. The summed E-state index contributed by atoms with van der Waals surface area (Å²) in [7, 11) is 0. The Balaban J connectivity index is 1.69. The van der Waals surface area contributed by atoms with Gasteiger partial charge >= 0.3 is 0 Å². The molecule has 0 fully saturated rings. The first-order valence-electron chi connectivity index (χ1n) is 7.52. The number of fused-ring (bicyclic) bond motifs is 3. The first-order chi connectivity index (χ1) is 10.4. The average Bonchev–Trinajstić information content (AvgIpc) is 2.85. The fraction of sp³-hybridized carbons (Fsp3) is 0.263. The lowest BCUT2D eigenvalue weighted by Crippen LogP contribution is -2.25. The van der Waals surface area contributed by atoms with Crippen molar-refractivity contribution >= 4 is 0 Å². The fourth-order valence-corrected chi connectivity index (χ4v) is 2.92. The van der Waals surface area contributed by atoms with E-state index in [4.69, 9.17) is 4.74 Å². The third-order valence-electron chi connectivity index (χ3n) is 3.89. The van der Waals surface area contributed by atoms with E-state index in [1.165, 1.54) is 22.3 Å². The summed E-state index contributed by atoms with van der Waals surface area (Å²) in [6, 6.07) is 17.6. The van der Waals surface area contributed by atoms with Gasteiger partial charge in [-0.2, -0.15) is 0 Å². The van der Waals surface area contributed by atoms with Crippen LogP contribution in [0.4, 0.5) is 0 Å². The lowest BCUT2D eigenvalue weighted by Gasteiger charge is -2.15. The van der Waals surface area contributed by atoms with Gasteiger partial charge in [0.15, 0.2) is 0 Å². The molecule has 1 N–H and O–H groups in total. The van der Waals surface area contributed by atoms with E-state index >= 15 is 0 Å². The standard InChI is InChI=1S/C19H21NO/c1-2-3-13-21-14-12-20-19-17-10-6-4-8-15(17)16-9-5-7-11-18(16)19/h2,4-11,19-20H,1,3,12-14H2. The number of hydrogen-bond acceptors (Lipinski definition) is 2. The molecule has 0 amide bonds. The SMILES string of the molecule is C=CCCOCCNC1c2ccccc2-c2ccccc21. The Kier molecular flexibility index (Phi) is 4.49. The number of ether oxygens (including phenoxy) is 1.